The summed E-state index contributed by atoms with van der Waals surface area (Å²) in [6.45, 7) is 1.44. The molecular weight excluding hydrogens is 304 g/mol. The molecule has 0 heterocycles. The number of methoxy groups -OCH3 is 1. The Labute approximate surface area is 132 Å². The maximum absolute atomic E-state index is 12.3. The number of ether oxygens (including phenoxy) is 1. The molecule has 0 fully saturated rings. The number of hydrogen-bond donors (Lipinski definition) is 0. The lowest BCUT2D eigenvalue weighted by Crippen LogP contribution is -2.40. The van der Waals surface area contributed by atoms with E-state index in [2.05, 4.69) is 0 Å². The molecule has 124 valence electrons. The van der Waals surface area contributed by atoms with Crippen molar-refractivity contribution >= 4 is 15.7 Å². The van der Waals surface area contributed by atoms with Crippen molar-refractivity contribution in [2.24, 2.45) is 0 Å². The van der Waals surface area contributed by atoms with E-state index >= 15 is 0 Å². The molecule has 0 bridgehead atoms. The summed E-state index contributed by atoms with van der Waals surface area (Å²) in [4.78, 5) is 15.4. The Balaban J connectivity index is 2.67. The molecule has 0 saturated carbocycles. The summed E-state index contributed by atoms with van der Waals surface area (Å²) >= 11 is 0. The molecule has 0 spiro atoms. The highest BCUT2D eigenvalue weighted by molar-refractivity contribution is 7.91. The first-order chi connectivity index (χ1) is 10.4. The Morgan fingerprint density at radius 3 is 2.32 bits per heavy atom. The van der Waals surface area contributed by atoms with E-state index in [4.69, 9.17) is 4.74 Å². The van der Waals surface area contributed by atoms with Crippen LogP contribution in [0.1, 0.15) is 0 Å². The number of carbonyl (C=O) groups excluding carboxylic acids is 1. The minimum Gasteiger partial charge on any atom is -0.383 e. The topological polar surface area (TPSA) is 66.9 Å². The number of likely N-dealkylation sites (N-methyl/N-ethyl adjacent to an activating group) is 1. The van der Waals surface area contributed by atoms with Crippen LogP contribution in [0.25, 0.3) is 0 Å². The number of amides is 1. The highest BCUT2D eigenvalue weighted by Crippen LogP contribution is 2.10. The SMILES string of the molecule is COCCN(CCS(=O)(=O)c1ccccc1)CC(=O)N(C)C. The van der Waals surface area contributed by atoms with Crippen molar-refractivity contribution in [3.05, 3.63) is 30.3 Å². The molecule has 0 saturated heterocycles. The van der Waals surface area contributed by atoms with Gasteiger partial charge >= 0.3 is 0 Å². The van der Waals surface area contributed by atoms with Gasteiger partial charge in [0.05, 0.1) is 23.8 Å². The summed E-state index contributed by atoms with van der Waals surface area (Å²) in [6, 6.07) is 8.34. The van der Waals surface area contributed by atoms with E-state index in [1.165, 1.54) is 4.90 Å². The zero-order valence-corrected chi connectivity index (χ0v) is 14.2. The summed E-state index contributed by atoms with van der Waals surface area (Å²) in [7, 11) is 1.59. The summed E-state index contributed by atoms with van der Waals surface area (Å²) in [5.74, 6) is -0.0882. The van der Waals surface area contributed by atoms with Crippen LogP contribution in [0.15, 0.2) is 35.2 Å². The van der Waals surface area contributed by atoms with Crippen LogP contribution in [0.3, 0.4) is 0 Å². The quantitative estimate of drug-likeness (QED) is 0.660. The largest absolute Gasteiger partial charge is 0.383 e. The molecule has 6 nitrogen and oxygen atoms in total. The standard InChI is InChI=1S/C15H24N2O4S/c1-16(2)15(18)13-17(9-11-21-3)10-12-22(19,20)14-7-5-4-6-8-14/h4-8H,9-13H2,1-3H3. The zero-order valence-electron chi connectivity index (χ0n) is 13.4. The number of carbonyl (C=O) groups is 1. The van der Waals surface area contributed by atoms with Gasteiger partial charge in [-0.15, -0.1) is 0 Å². The fourth-order valence-corrected chi connectivity index (χ4v) is 3.12. The predicted molar refractivity (Wildman–Crippen MR) is 85.5 cm³/mol. The van der Waals surface area contributed by atoms with E-state index < -0.39 is 9.84 Å². The predicted octanol–water partition coefficient (Wildman–Crippen LogP) is 0.497. The van der Waals surface area contributed by atoms with Crippen molar-refractivity contribution in [3.63, 3.8) is 0 Å². The zero-order chi connectivity index (χ0) is 16.6. The first-order valence-corrected chi connectivity index (χ1v) is 8.71. The lowest BCUT2D eigenvalue weighted by atomic mass is 10.4. The van der Waals surface area contributed by atoms with Crippen LogP contribution < -0.4 is 0 Å². The molecule has 0 unspecified atom stereocenters. The van der Waals surface area contributed by atoms with Gasteiger partial charge in [0.25, 0.3) is 0 Å². The van der Waals surface area contributed by atoms with Gasteiger partial charge in [0.15, 0.2) is 9.84 Å². The van der Waals surface area contributed by atoms with Gasteiger partial charge in [-0.3, -0.25) is 9.69 Å². The van der Waals surface area contributed by atoms with E-state index in [0.29, 0.717) is 24.6 Å². The summed E-state index contributed by atoms with van der Waals surface area (Å²) in [6.07, 6.45) is 0. The molecular formula is C15H24N2O4S. The maximum Gasteiger partial charge on any atom is 0.236 e. The normalized spacial score (nSPS) is 11.6. The molecule has 0 aliphatic carbocycles. The van der Waals surface area contributed by atoms with Gasteiger partial charge in [-0.05, 0) is 12.1 Å². The lowest BCUT2D eigenvalue weighted by Gasteiger charge is -2.23. The molecule has 0 aromatic heterocycles. The third-order valence-electron chi connectivity index (χ3n) is 3.25. The Morgan fingerprint density at radius 1 is 1.14 bits per heavy atom. The number of rotatable bonds is 9. The van der Waals surface area contributed by atoms with Crippen LogP contribution in [0.2, 0.25) is 0 Å². The minimum absolute atomic E-state index is 0.0264. The van der Waals surface area contributed by atoms with E-state index in [1.807, 2.05) is 0 Å². The first-order valence-electron chi connectivity index (χ1n) is 7.06. The maximum atomic E-state index is 12.3. The highest BCUT2D eigenvalue weighted by atomic mass is 32.2. The molecule has 0 atom stereocenters. The van der Waals surface area contributed by atoms with E-state index in [9.17, 15) is 13.2 Å². The van der Waals surface area contributed by atoms with Gasteiger partial charge in [-0.2, -0.15) is 0 Å². The highest BCUT2D eigenvalue weighted by Gasteiger charge is 2.18. The number of hydrogen-bond acceptors (Lipinski definition) is 5. The fraction of sp³-hybridized carbons (Fsp3) is 0.533. The van der Waals surface area contributed by atoms with Gasteiger partial charge in [-0.1, -0.05) is 18.2 Å². The third kappa shape index (κ3) is 6.13. The summed E-state index contributed by atoms with van der Waals surface area (Å²) < 4.78 is 29.6. The van der Waals surface area contributed by atoms with Crippen molar-refractivity contribution < 1.29 is 17.9 Å². The van der Waals surface area contributed by atoms with Crippen molar-refractivity contribution in [1.82, 2.24) is 9.80 Å². The van der Waals surface area contributed by atoms with Crippen LogP contribution in [0.5, 0.6) is 0 Å². The fourth-order valence-electron chi connectivity index (χ4n) is 1.82. The molecule has 0 N–H and O–H groups in total. The molecule has 0 aliphatic rings. The second kappa shape index (κ2) is 8.87. The Kier molecular flexibility index (Phi) is 7.50. The van der Waals surface area contributed by atoms with E-state index in [1.54, 1.807) is 56.4 Å². The second-order valence-electron chi connectivity index (χ2n) is 5.19. The second-order valence-corrected chi connectivity index (χ2v) is 7.30. The lowest BCUT2D eigenvalue weighted by molar-refractivity contribution is -0.130. The monoisotopic (exact) mass is 328 g/mol. The Morgan fingerprint density at radius 2 is 1.77 bits per heavy atom. The van der Waals surface area contributed by atoms with Crippen molar-refractivity contribution in [2.75, 3.05) is 53.2 Å². The number of sulfone groups is 1. The summed E-state index contributed by atoms with van der Waals surface area (Å²) in [5, 5.41) is 0. The van der Waals surface area contributed by atoms with Gasteiger partial charge in [0.2, 0.25) is 5.91 Å². The van der Waals surface area contributed by atoms with E-state index in [0.717, 1.165) is 0 Å². The average Bonchev–Trinajstić information content (AvgIpc) is 2.50. The average molecular weight is 328 g/mol. The van der Waals surface area contributed by atoms with Crippen LogP contribution in [-0.4, -0.2) is 77.3 Å². The van der Waals surface area contributed by atoms with Gasteiger partial charge in [-0.25, -0.2) is 8.42 Å². The van der Waals surface area contributed by atoms with Gasteiger partial charge < -0.3 is 9.64 Å². The van der Waals surface area contributed by atoms with Crippen LogP contribution in [-0.2, 0) is 19.4 Å². The van der Waals surface area contributed by atoms with Crippen LogP contribution in [0.4, 0.5) is 0 Å². The summed E-state index contributed by atoms with van der Waals surface area (Å²) in [5.41, 5.74) is 0. The molecule has 0 aliphatic heterocycles. The molecule has 1 rings (SSSR count). The Hall–Kier alpha value is -1.44. The minimum atomic E-state index is -3.34. The molecule has 1 aromatic rings. The van der Waals surface area contributed by atoms with E-state index in [-0.39, 0.29) is 18.2 Å². The molecule has 1 amide bonds. The molecule has 1 aromatic carbocycles. The molecule has 7 heteroatoms. The Bertz CT molecular complexity index is 558. The van der Waals surface area contributed by atoms with Gasteiger partial charge in [0, 0.05) is 34.3 Å². The van der Waals surface area contributed by atoms with Crippen molar-refractivity contribution in [3.8, 4) is 0 Å². The number of benzene rings is 1. The van der Waals surface area contributed by atoms with Crippen molar-refractivity contribution in [2.45, 2.75) is 4.90 Å². The number of nitrogens with zero attached hydrogens (tertiary/aromatic N) is 2. The van der Waals surface area contributed by atoms with Crippen LogP contribution >= 0.6 is 0 Å². The molecule has 22 heavy (non-hydrogen) atoms. The smallest absolute Gasteiger partial charge is 0.236 e. The third-order valence-corrected chi connectivity index (χ3v) is 4.96. The van der Waals surface area contributed by atoms with Gasteiger partial charge in [0.1, 0.15) is 0 Å². The van der Waals surface area contributed by atoms with Crippen LogP contribution in [0, 0.1) is 0 Å². The molecule has 0 radical (unpaired) electrons. The first kappa shape index (κ1) is 18.6. The van der Waals surface area contributed by atoms with Crippen molar-refractivity contribution in [1.29, 1.82) is 0 Å².